The predicted octanol–water partition coefficient (Wildman–Crippen LogP) is 3.67. The number of para-hydroxylation sites is 1. The van der Waals surface area contributed by atoms with E-state index in [0.717, 1.165) is 24.1 Å². The Balaban J connectivity index is 1.59. The number of carbonyl (C=O) groups excluding carboxylic acids is 2. The molecule has 0 radical (unpaired) electrons. The van der Waals surface area contributed by atoms with E-state index in [0.29, 0.717) is 0 Å². The molecule has 1 atom stereocenters. The maximum atomic E-state index is 12.7. The van der Waals surface area contributed by atoms with Crippen LogP contribution in [-0.2, 0) is 22.4 Å². The number of amides is 2. The SMILES string of the molecule is CCc1ccccc1NC(=O)CN(C)C(=O)C1Cc2ccc(C)cc2S1. The van der Waals surface area contributed by atoms with E-state index in [1.54, 1.807) is 18.8 Å². The topological polar surface area (TPSA) is 49.4 Å². The molecule has 0 fully saturated rings. The molecule has 2 aromatic rings. The van der Waals surface area contributed by atoms with E-state index in [4.69, 9.17) is 0 Å². The van der Waals surface area contributed by atoms with Gasteiger partial charge in [-0.05, 0) is 43.0 Å². The van der Waals surface area contributed by atoms with E-state index in [-0.39, 0.29) is 23.6 Å². The van der Waals surface area contributed by atoms with E-state index in [1.165, 1.54) is 20.9 Å². The molecular formula is C21H24N2O2S. The number of carbonyl (C=O) groups is 2. The van der Waals surface area contributed by atoms with Crippen LogP contribution in [0.25, 0.3) is 0 Å². The fraction of sp³-hybridized carbons (Fsp3) is 0.333. The summed E-state index contributed by atoms with van der Waals surface area (Å²) in [5, 5.41) is 2.78. The lowest BCUT2D eigenvalue weighted by molar-refractivity contribution is -0.132. The van der Waals surface area contributed by atoms with Gasteiger partial charge in [-0.15, -0.1) is 11.8 Å². The van der Waals surface area contributed by atoms with Gasteiger partial charge in [-0.1, -0.05) is 42.8 Å². The van der Waals surface area contributed by atoms with E-state index < -0.39 is 0 Å². The molecule has 2 amide bonds. The van der Waals surface area contributed by atoms with Gasteiger partial charge in [-0.2, -0.15) is 0 Å². The van der Waals surface area contributed by atoms with Gasteiger partial charge in [0.15, 0.2) is 0 Å². The summed E-state index contributed by atoms with van der Waals surface area (Å²) in [6.45, 7) is 4.17. The van der Waals surface area contributed by atoms with Crippen LogP contribution in [0.1, 0.15) is 23.6 Å². The summed E-state index contributed by atoms with van der Waals surface area (Å²) in [4.78, 5) is 27.8. The van der Waals surface area contributed by atoms with Crippen LogP contribution in [0.4, 0.5) is 5.69 Å². The lowest BCUT2D eigenvalue weighted by atomic mass is 10.1. The van der Waals surface area contributed by atoms with Gasteiger partial charge in [-0.3, -0.25) is 9.59 Å². The van der Waals surface area contributed by atoms with Crippen molar-refractivity contribution >= 4 is 29.3 Å². The summed E-state index contributed by atoms with van der Waals surface area (Å²) in [6, 6.07) is 14.1. The van der Waals surface area contributed by atoms with Gasteiger partial charge in [0.1, 0.15) is 0 Å². The van der Waals surface area contributed by atoms with Crippen molar-refractivity contribution in [3.05, 3.63) is 59.2 Å². The number of likely N-dealkylation sites (N-methyl/N-ethyl adjacent to an activating group) is 1. The van der Waals surface area contributed by atoms with Crippen LogP contribution in [0, 0.1) is 6.92 Å². The van der Waals surface area contributed by atoms with Crippen LogP contribution in [-0.4, -0.2) is 35.6 Å². The second-order valence-electron chi connectivity index (χ2n) is 6.67. The van der Waals surface area contributed by atoms with Crippen molar-refractivity contribution in [2.45, 2.75) is 36.8 Å². The number of hydrogen-bond acceptors (Lipinski definition) is 3. The van der Waals surface area contributed by atoms with Gasteiger partial charge < -0.3 is 10.2 Å². The summed E-state index contributed by atoms with van der Waals surface area (Å²) in [5.41, 5.74) is 4.33. The third kappa shape index (κ3) is 4.10. The molecular weight excluding hydrogens is 344 g/mol. The minimum Gasteiger partial charge on any atom is -0.335 e. The van der Waals surface area contributed by atoms with E-state index in [9.17, 15) is 9.59 Å². The van der Waals surface area contributed by atoms with Crippen LogP contribution in [0.3, 0.4) is 0 Å². The summed E-state index contributed by atoms with van der Waals surface area (Å²) in [5.74, 6) is -0.166. The molecule has 0 aliphatic carbocycles. The number of hydrogen-bond donors (Lipinski definition) is 1. The van der Waals surface area contributed by atoms with Crippen LogP contribution in [0.2, 0.25) is 0 Å². The van der Waals surface area contributed by atoms with Gasteiger partial charge in [0, 0.05) is 17.6 Å². The molecule has 2 aromatic carbocycles. The Bertz CT molecular complexity index is 835. The average Bonchev–Trinajstić information content (AvgIpc) is 3.04. The van der Waals surface area contributed by atoms with Crippen molar-refractivity contribution in [2.75, 3.05) is 18.9 Å². The van der Waals surface area contributed by atoms with Gasteiger partial charge in [0.25, 0.3) is 0 Å². The van der Waals surface area contributed by atoms with Crippen molar-refractivity contribution in [1.82, 2.24) is 4.90 Å². The fourth-order valence-corrected chi connectivity index (χ4v) is 4.56. The summed E-state index contributed by atoms with van der Waals surface area (Å²) in [7, 11) is 1.70. The minimum atomic E-state index is -0.168. The van der Waals surface area contributed by atoms with Gasteiger partial charge in [0.2, 0.25) is 11.8 Å². The minimum absolute atomic E-state index is 0.00257. The van der Waals surface area contributed by atoms with Crippen LogP contribution >= 0.6 is 11.8 Å². The van der Waals surface area contributed by atoms with Gasteiger partial charge in [0.05, 0.1) is 11.8 Å². The Hall–Kier alpha value is -2.27. The van der Waals surface area contributed by atoms with E-state index in [1.807, 2.05) is 24.3 Å². The predicted molar refractivity (Wildman–Crippen MR) is 107 cm³/mol. The molecule has 3 rings (SSSR count). The van der Waals surface area contributed by atoms with Crippen LogP contribution in [0.15, 0.2) is 47.4 Å². The molecule has 0 bridgehead atoms. The lowest BCUT2D eigenvalue weighted by Gasteiger charge is -2.20. The first-order chi connectivity index (χ1) is 12.5. The Morgan fingerprint density at radius 1 is 1.23 bits per heavy atom. The molecule has 0 spiro atoms. The zero-order chi connectivity index (χ0) is 18.7. The standard InChI is InChI=1S/C21H24N2O2S/c1-4-15-7-5-6-8-17(15)22-20(24)13-23(3)21(25)19-12-16-10-9-14(2)11-18(16)26-19/h5-11,19H,4,12-13H2,1-3H3,(H,22,24). The first kappa shape index (κ1) is 18.5. The molecule has 1 N–H and O–H groups in total. The number of rotatable bonds is 5. The third-order valence-electron chi connectivity index (χ3n) is 4.60. The monoisotopic (exact) mass is 368 g/mol. The molecule has 0 saturated carbocycles. The highest BCUT2D eigenvalue weighted by molar-refractivity contribution is 8.01. The van der Waals surface area contributed by atoms with Crippen molar-refractivity contribution in [3.63, 3.8) is 0 Å². The quantitative estimate of drug-likeness (QED) is 0.876. The lowest BCUT2D eigenvalue weighted by Crippen LogP contribution is -2.39. The van der Waals surface area contributed by atoms with Gasteiger partial charge in [-0.25, -0.2) is 0 Å². The van der Waals surface area contributed by atoms with E-state index in [2.05, 4.69) is 37.4 Å². The average molecular weight is 369 g/mol. The second kappa shape index (κ2) is 7.96. The van der Waals surface area contributed by atoms with Crippen molar-refractivity contribution in [1.29, 1.82) is 0 Å². The highest BCUT2D eigenvalue weighted by atomic mass is 32.2. The Morgan fingerprint density at radius 2 is 2.00 bits per heavy atom. The number of nitrogens with zero attached hydrogens (tertiary/aromatic N) is 1. The molecule has 1 unspecified atom stereocenters. The molecule has 136 valence electrons. The molecule has 0 aromatic heterocycles. The number of anilines is 1. The number of nitrogens with one attached hydrogen (secondary N) is 1. The Labute approximate surface area is 159 Å². The van der Waals surface area contributed by atoms with Gasteiger partial charge >= 0.3 is 0 Å². The normalized spacial score (nSPS) is 15.4. The zero-order valence-corrected chi connectivity index (χ0v) is 16.2. The van der Waals surface area contributed by atoms with E-state index >= 15 is 0 Å². The van der Waals surface area contributed by atoms with Crippen LogP contribution in [0.5, 0.6) is 0 Å². The fourth-order valence-electron chi connectivity index (χ4n) is 3.15. The highest BCUT2D eigenvalue weighted by Gasteiger charge is 2.31. The number of aryl methyl sites for hydroxylation is 2. The smallest absolute Gasteiger partial charge is 0.243 e. The zero-order valence-electron chi connectivity index (χ0n) is 15.4. The summed E-state index contributed by atoms with van der Waals surface area (Å²) in [6.07, 6.45) is 1.57. The summed E-state index contributed by atoms with van der Waals surface area (Å²) < 4.78 is 0. The Morgan fingerprint density at radius 3 is 2.77 bits per heavy atom. The molecule has 26 heavy (non-hydrogen) atoms. The second-order valence-corrected chi connectivity index (χ2v) is 7.92. The number of benzene rings is 2. The summed E-state index contributed by atoms with van der Waals surface area (Å²) >= 11 is 1.60. The van der Waals surface area contributed by atoms with Crippen molar-refractivity contribution in [3.8, 4) is 0 Å². The number of fused-ring (bicyclic) bond motifs is 1. The highest BCUT2D eigenvalue weighted by Crippen LogP contribution is 2.38. The van der Waals surface area contributed by atoms with Crippen LogP contribution < -0.4 is 5.32 Å². The third-order valence-corrected chi connectivity index (χ3v) is 5.89. The molecule has 1 aliphatic rings. The molecule has 5 heteroatoms. The number of thioether (sulfide) groups is 1. The largest absolute Gasteiger partial charge is 0.335 e. The molecule has 0 saturated heterocycles. The maximum absolute atomic E-state index is 12.7. The first-order valence-electron chi connectivity index (χ1n) is 8.87. The maximum Gasteiger partial charge on any atom is 0.243 e. The molecule has 1 heterocycles. The Kier molecular flexibility index (Phi) is 5.67. The first-order valence-corrected chi connectivity index (χ1v) is 9.74. The molecule has 1 aliphatic heterocycles. The molecule has 4 nitrogen and oxygen atoms in total. The van der Waals surface area contributed by atoms with Crippen molar-refractivity contribution in [2.24, 2.45) is 0 Å². The van der Waals surface area contributed by atoms with Crippen molar-refractivity contribution < 1.29 is 9.59 Å².